The number of ether oxygens (including phenoxy) is 2. The molecule has 6 nitrogen and oxygen atoms in total. The number of rotatable bonds is 7. The lowest BCUT2D eigenvalue weighted by atomic mass is 10.1. The molecular formula is C21H28N2O4. The summed E-state index contributed by atoms with van der Waals surface area (Å²) in [6.07, 6.45) is 0. The first-order valence-electron chi connectivity index (χ1n) is 9.04. The van der Waals surface area contributed by atoms with Crippen molar-refractivity contribution in [1.82, 2.24) is 9.47 Å². The van der Waals surface area contributed by atoms with Gasteiger partial charge in [0.25, 0.3) is 5.91 Å². The van der Waals surface area contributed by atoms with Crippen molar-refractivity contribution in [2.45, 2.75) is 27.7 Å². The number of hydrogen-bond acceptors (Lipinski definition) is 4. The van der Waals surface area contributed by atoms with Crippen LogP contribution >= 0.6 is 0 Å². The molecule has 1 atom stereocenters. The Labute approximate surface area is 160 Å². The highest BCUT2D eigenvalue weighted by Crippen LogP contribution is 2.24. The predicted octanol–water partition coefficient (Wildman–Crippen LogP) is 3.37. The molecule has 0 saturated carbocycles. The minimum atomic E-state index is -0.371. The van der Waals surface area contributed by atoms with Gasteiger partial charge in [0.05, 0.1) is 25.7 Å². The summed E-state index contributed by atoms with van der Waals surface area (Å²) < 4.78 is 12.0. The number of benzene rings is 1. The summed E-state index contributed by atoms with van der Waals surface area (Å²) >= 11 is 0. The molecular weight excluding hydrogens is 344 g/mol. The molecule has 0 aliphatic rings. The Balaban J connectivity index is 2.32. The first-order valence-corrected chi connectivity index (χ1v) is 9.04. The number of carbonyl (C=O) groups excluding carboxylic acids is 2. The lowest BCUT2D eigenvalue weighted by Crippen LogP contribution is -2.37. The second kappa shape index (κ2) is 8.75. The van der Waals surface area contributed by atoms with Gasteiger partial charge in [-0.2, -0.15) is 0 Å². The fourth-order valence-electron chi connectivity index (χ4n) is 3.24. The Kier molecular flexibility index (Phi) is 6.66. The van der Waals surface area contributed by atoms with Gasteiger partial charge in [0, 0.05) is 30.2 Å². The van der Waals surface area contributed by atoms with Gasteiger partial charge < -0.3 is 18.9 Å². The van der Waals surface area contributed by atoms with Crippen LogP contribution in [0, 0.1) is 19.8 Å². The van der Waals surface area contributed by atoms with E-state index in [1.807, 2.05) is 55.7 Å². The van der Waals surface area contributed by atoms with Crippen molar-refractivity contribution in [1.29, 1.82) is 0 Å². The standard InChI is InChI=1S/C21H28N2O4/c1-7-22(13-14(2)21(25)27-6)20(24)19-12-15(3)23(16(19)4)17-8-10-18(26-5)11-9-17/h8-12,14H,7,13H2,1-6H3. The SMILES string of the molecule is CCN(CC(C)C(=O)OC)C(=O)c1cc(C)n(-c2ccc(OC)cc2)c1C. The number of nitrogens with zero attached hydrogens (tertiary/aromatic N) is 2. The van der Waals surface area contributed by atoms with E-state index in [0.717, 1.165) is 22.8 Å². The third-order valence-electron chi connectivity index (χ3n) is 4.76. The molecule has 1 unspecified atom stereocenters. The highest BCUT2D eigenvalue weighted by molar-refractivity contribution is 5.96. The molecule has 0 N–H and O–H groups in total. The largest absolute Gasteiger partial charge is 0.497 e. The average molecular weight is 372 g/mol. The molecule has 2 aromatic rings. The van der Waals surface area contributed by atoms with E-state index < -0.39 is 0 Å². The third kappa shape index (κ3) is 4.32. The normalized spacial score (nSPS) is 11.8. The summed E-state index contributed by atoms with van der Waals surface area (Å²) in [7, 11) is 2.99. The average Bonchev–Trinajstić information content (AvgIpc) is 2.98. The molecule has 0 spiro atoms. The van der Waals surface area contributed by atoms with Gasteiger partial charge in [-0.25, -0.2) is 0 Å². The molecule has 1 aromatic carbocycles. The smallest absolute Gasteiger partial charge is 0.310 e. The molecule has 0 radical (unpaired) electrons. The molecule has 0 saturated heterocycles. The van der Waals surface area contributed by atoms with Crippen molar-refractivity contribution < 1.29 is 19.1 Å². The van der Waals surface area contributed by atoms with Gasteiger partial charge in [0.2, 0.25) is 0 Å². The topological polar surface area (TPSA) is 60.8 Å². The molecule has 6 heteroatoms. The Bertz CT molecular complexity index is 808. The summed E-state index contributed by atoms with van der Waals surface area (Å²) in [6.45, 7) is 8.43. The summed E-state index contributed by atoms with van der Waals surface area (Å²) in [5.74, 6) is 0.0153. The molecule has 1 aromatic heterocycles. The summed E-state index contributed by atoms with van der Waals surface area (Å²) in [5.41, 5.74) is 3.45. The molecule has 27 heavy (non-hydrogen) atoms. The molecule has 1 heterocycles. The molecule has 2 rings (SSSR count). The fraction of sp³-hybridized carbons (Fsp3) is 0.429. The Morgan fingerprint density at radius 2 is 1.78 bits per heavy atom. The summed E-state index contributed by atoms with van der Waals surface area (Å²) in [4.78, 5) is 26.5. The quantitative estimate of drug-likeness (QED) is 0.699. The van der Waals surface area contributed by atoms with Crippen LogP contribution in [0.3, 0.4) is 0 Å². The van der Waals surface area contributed by atoms with E-state index in [-0.39, 0.29) is 17.8 Å². The van der Waals surface area contributed by atoms with Crippen LogP contribution in [0.4, 0.5) is 0 Å². The third-order valence-corrected chi connectivity index (χ3v) is 4.76. The van der Waals surface area contributed by atoms with E-state index in [4.69, 9.17) is 9.47 Å². The summed E-state index contributed by atoms with van der Waals surface area (Å²) in [6, 6.07) is 9.61. The van der Waals surface area contributed by atoms with Gasteiger partial charge in [0.1, 0.15) is 5.75 Å². The van der Waals surface area contributed by atoms with E-state index in [0.29, 0.717) is 18.7 Å². The van der Waals surface area contributed by atoms with Crippen LogP contribution in [-0.4, -0.2) is 48.7 Å². The number of aryl methyl sites for hydroxylation is 1. The second-order valence-corrected chi connectivity index (χ2v) is 6.59. The molecule has 0 bridgehead atoms. The second-order valence-electron chi connectivity index (χ2n) is 6.59. The van der Waals surface area contributed by atoms with Crippen LogP contribution in [0.2, 0.25) is 0 Å². The zero-order chi connectivity index (χ0) is 20.1. The van der Waals surface area contributed by atoms with Crippen molar-refractivity contribution in [2.24, 2.45) is 5.92 Å². The lowest BCUT2D eigenvalue weighted by molar-refractivity contribution is -0.145. The van der Waals surface area contributed by atoms with E-state index >= 15 is 0 Å². The van der Waals surface area contributed by atoms with Crippen LogP contribution in [-0.2, 0) is 9.53 Å². The van der Waals surface area contributed by atoms with Gasteiger partial charge in [-0.1, -0.05) is 6.92 Å². The summed E-state index contributed by atoms with van der Waals surface area (Å²) in [5, 5.41) is 0. The zero-order valence-corrected chi connectivity index (χ0v) is 16.9. The van der Waals surface area contributed by atoms with Crippen molar-refractivity contribution >= 4 is 11.9 Å². The van der Waals surface area contributed by atoms with Crippen LogP contribution in [0.1, 0.15) is 35.6 Å². The van der Waals surface area contributed by atoms with Crippen molar-refractivity contribution in [2.75, 3.05) is 27.3 Å². The highest BCUT2D eigenvalue weighted by atomic mass is 16.5. The van der Waals surface area contributed by atoms with Crippen LogP contribution in [0.5, 0.6) is 5.75 Å². The van der Waals surface area contributed by atoms with E-state index in [1.165, 1.54) is 7.11 Å². The van der Waals surface area contributed by atoms with E-state index in [2.05, 4.69) is 0 Å². The molecule has 146 valence electrons. The van der Waals surface area contributed by atoms with Crippen LogP contribution < -0.4 is 4.74 Å². The molecule has 1 amide bonds. The number of hydrogen-bond donors (Lipinski definition) is 0. The van der Waals surface area contributed by atoms with E-state index in [9.17, 15) is 9.59 Å². The van der Waals surface area contributed by atoms with Crippen molar-refractivity contribution in [3.8, 4) is 11.4 Å². The first-order chi connectivity index (χ1) is 12.8. The van der Waals surface area contributed by atoms with Gasteiger partial charge in [0.15, 0.2) is 0 Å². The Morgan fingerprint density at radius 3 is 2.30 bits per heavy atom. The minimum Gasteiger partial charge on any atom is -0.497 e. The fourth-order valence-corrected chi connectivity index (χ4v) is 3.24. The van der Waals surface area contributed by atoms with Crippen molar-refractivity contribution in [3.63, 3.8) is 0 Å². The Hall–Kier alpha value is -2.76. The van der Waals surface area contributed by atoms with Gasteiger partial charge in [-0.15, -0.1) is 0 Å². The van der Waals surface area contributed by atoms with Gasteiger partial charge in [-0.05, 0) is 51.1 Å². The van der Waals surface area contributed by atoms with Crippen LogP contribution in [0.15, 0.2) is 30.3 Å². The number of methoxy groups -OCH3 is 2. The molecule has 0 fully saturated rings. The predicted molar refractivity (Wildman–Crippen MR) is 105 cm³/mol. The monoisotopic (exact) mass is 372 g/mol. The van der Waals surface area contributed by atoms with Crippen molar-refractivity contribution in [3.05, 3.63) is 47.3 Å². The highest BCUT2D eigenvalue weighted by Gasteiger charge is 2.24. The van der Waals surface area contributed by atoms with Gasteiger partial charge >= 0.3 is 5.97 Å². The van der Waals surface area contributed by atoms with E-state index in [1.54, 1.807) is 18.9 Å². The Morgan fingerprint density at radius 1 is 1.15 bits per heavy atom. The number of aromatic nitrogens is 1. The lowest BCUT2D eigenvalue weighted by Gasteiger charge is -2.23. The first kappa shape index (κ1) is 20.6. The minimum absolute atomic E-state index is 0.0823. The van der Waals surface area contributed by atoms with Gasteiger partial charge in [-0.3, -0.25) is 9.59 Å². The number of carbonyl (C=O) groups is 2. The maximum absolute atomic E-state index is 13.1. The molecule has 0 aliphatic heterocycles. The maximum Gasteiger partial charge on any atom is 0.310 e. The number of esters is 1. The van der Waals surface area contributed by atoms with Crippen LogP contribution in [0.25, 0.3) is 5.69 Å². The number of amides is 1. The zero-order valence-electron chi connectivity index (χ0n) is 16.9. The molecule has 0 aliphatic carbocycles. The maximum atomic E-state index is 13.1.